The maximum absolute atomic E-state index is 14.3. The van der Waals surface area contributed by atoms with Gasteiger partial charge in [0.2, 0.25) is 0 Å². The van der Waals surface area contributed by atoms with Gasteiger partial charge in [0.25, 0.3) is 11.5 Å². The number of nitrogens with zero attached hydrogens (tertiary/aromatic N) is 2. The third-order valence-electron chi connectivity index (χ3n) is 7.84. The second-order valence-corrected chi connectivity index (χ2v) is 10.5. The van der Waals surface area contributed by atoms with Crippen LogP contribution in [0.1, 0.15) is 60.8 Å². The molecule has 0 spiro atoms. The third-order valence-corrected chi connectivity index (χ3v) is 7.84. The first-order chi connectivity index (χ1) is 20.0. The van der Waals surface area contributed by atoms with Crippen LogP contribution in [0.15, 0.2) is 89.7 Å². The Kier molecular flexibility index (Phi) is 8.95. The first kappa shape index (κ1) is 28.3. The predicted molar refractivity (Wildman–Crippen MR) is 161 cm³/mol. The van der Waals surface area contributed by atoms with Crippen LogP contribution >= 0.6 is 0 Å². The van der Waals surface area contributed by atoms with Crippen molar-refractivity contribution in [1.82, 2.24) is 14.8 Å². The number of hydrogen-bond acceptors (Lipinski definition) is 5. The maximum Gasteiger partial charge on any atom is 0.310 e. The average Bonchev–Trinajstić information content (AvgIpc) is 3.01. The molecule has 212 valence electrons. The standard InChI is InChI=1S/C34H37N3O4/c1-3-29(24-14-7-5-8-15-24)35-32(38)31-27-19-11-12-20-28(27)33(39)37(26-17-9-6-10-18-26)30(31)23-36-21-13-16-25(22-36)34(40)41-4-2/h5-12,14-15,17-20,25,29H,3-4,13,16,21-23H2,1-2H3,(H,35,38). The molecule has 2 atom stereocenters. The van der Waals surface area contributed by atoms with E-state index in [2.05, 4.69) is 10.2 Å². The van der Waals surface area contributed by atoms with Crippen molar-refractivity contribution >= 4 is 22.6 Å². The number of hydrogen-bond donors (Lipinski definition) is 1. The van der Waals surface area contributed by atoms with Gasteiger partial charge in [0.1, 0.15) is 0 Å². The van der Waals surface area contributed by atoms with Crippen LogP contribution in [-0.2, 0) is 16.1 Å². The Hall–Kier alpha value is -4.23. The Bertz CT molecular complexity index is 1570. The summed E-state index contributed by atoms with van der Waals surface area (Å²) in [6.45, 7) is 5.82. The highest BCUT2D eigenvalue weighted by Crippen LogP contribution is 2.28. The summed E-state index contributed by atoms with van der Waals surface area (Å²) in [5.41, 5.74) is 2.65. The van der Waals surface area contributed by atoms with Gasteiger partial charge >= 0.3 is 5.97 Å². The number of piperidine rings is 1. The van der Waals surface area contributed by atoms with Crippen LogP contribution in [0, 0.1) is 5.92 Å². The zero-order valence-electron chi connectivity index (χ0n) is 23.7. The number of rotatable bonds is 9. The molecule has 0 radical (unpaired) electrons. The van der Waals surface area contributed by atoms with Gasteiger partial charge in [-0.15, -0.1) is 0 Å². The Morgan fingerprint density at radius 1 is 0.927 bits per heavy atom. The summed E-state index contributed by atoms with van der Waals surface area (Å²) in [5, 5.41) is 4.38. The first-order valence-corrected chi connectivity index (χ1v) is 14.5. The van der Waals surface area contributed by atoms with E-state index in [1.807, 2.05) is 92.7 Å². The number of benzene rings is 3. The molecule has 0 bridgehead atoms. The number of carbonyl (C=O) groups is 2. The quantitative estimate of drug-likeness (QED) is 0.272. The zero-order chi connectivity index (χ0) is 28.8. The van der Waals surface area contributed by atoms with Crippen molar-refractivity contribution < 1.29 is 14.3 Å². The van der Waals surface area contributed by atoms with E-state index in [1.165, 1.54) is 0 Å². The van der Waals surface area contributed by atoms with E-state index < -0.39 is 0 Å². The fourth-order valence-electron chi connectivity index (χ4n) is 5.85. The molecule has 7 heteroatoms. The zero-order valence-corrected chi connectivity index (χ0v) is 23.7. The summed E-state index contributed by atoms with van der Waals surface area (Å²) in [6, 6.07) is 26.5. The number of aromatic nitrogens is 1. The number of esters is 1. The van der Waals surface area contributed by atoms with Crippen LogP contribution in [0.3, 0.4) is 0 Å². The summed E-state index contributed by atoms with van der Waals surface area (Å²) in [5.74, 6) is -0.654. The molecule has 0 aliphatic carbocycles. The lowest BCUT2D eigenvalue weighted by atomic mass is 9.96. The van der Waals surface area contributed by atoms with E-state index in [0.717, 1.165) is 24.9 Å². The summed E-state index contributed by atoms with van der Waals surface area (Å²) < 4.78 is 7.00. The van der Waals surface area contributed by atoms with Crippen molar-refractivity contribution in [2.75, 3.05) is 19.7 Å². The van der Waals surface area contributed by atoms with Crippen molar-refractivity contribution in [3.8, 4) is 5.69 Å². The monoisotopic (exact) mass is 551 g/mol. The molecule has 1 saturated heterocycles. The second kappa shape index (κ2) is 13.0. The fourth-order valence-corrected chi connectivity index (χ4v) is 5.85. The van der Waals surface area contributed by atoms with E-state index in [0.29, 0.717) is 53.8 Å². The Balaban J connectivity index is 1.65. The second-order valence-electron chi connectivity index (χ2n) is 10.5. The van der Waals surface area contributed by atoms with Gasteiger partial charge < -0.3 is 10.1 Å². The van der Waals surface area contributed by atoms with Crippen LogP contribution < -0.4 is 10.9 Å². The van der Waals surface area contributed by atoms with Crippen molar-refractivity contribution in [3.63, 3.8) is 0 Å². The molecule has 3 aromatic carbocycles. The molecule has 1 aliphatic heterocycles. The highest BCUT2D eigenvalue weighted by atomic mass is 16.5. The molecule has 4 aromatic rings. The number of likely N-dealkylation sites (tertiary alicyclic amines) is 1. The van der Waals surface area contributed by atoms with Crippen LogP contribution in [0.4, 0.5) is 0 Å². The van der Waals surface area contributed by atoms with E-state index in [1.54, 1.807) is 10.6 Å². The van der Waals surface area contributed by atoms with Crippen molar-refractivity contribution in [3.05, 3.63) is 112 Å². The van der Waals surface area contributed by atoms with Gasteiger partial charge in [-0.25, -0.2) is 0 Å². The molecule has 1 aromatic heterocycles. The van der Waals surface area contributed by atoms with Crippen molar-refractivity contribution in [2.45, 2.75) is 45.7 Å². The van der Waals surface area contributed by atoms with E-state index >= 15 is 0 Å². The number of fused-ring (bicyclic) bond motifs is 1. The van der Waals surface area contributed by atoms with E-state index in [4.69, 9.17) is 4.74 Å². The molecule has 2 heterocycles. The number of ether oxygens (including phenoxy) is 1. The third kappa shape index (κ3) is 6.10. The predicted octanol–water partition coefficient (Wildman–Crippen LogP) is 5.65. The number of carbonyl (C=O) groups excluding carboxylic acids is 2. The summed E-state index contributed by atoms with van der Waals surface area (Å²) in [6.07, 6.45) is 2.32. The smallest absolute Gasteiger partial charge is 0.310 e. The van der Waals surface area contributed by atoms with Crippen LogP contribution in [0.2, 0.25) is 0 Å². The lowest BCUT2D eigenvalue weighted by Crippen LogP contribution is -2.41. The Labute approximate surface area is 240 Å². The number of pyridine rings is 1. The normalized spacial score (nSPS) is 16.3. The highest BCUT2D eigenvalue weighted by Gasteiger charge is 2.30. The molecule has 2 unspecified atom stereocenters. The van der Waals surface area contributed by atoms with Gasteiger partial charge in [-0.05, 0) is 56.5 Å². The summed E-state index contributed by atoms with van der Waals surface area (Å²) in [7, 11) is 0. The van der Waals surface area contributed by atoms with Crippen LogP contribution in [0.25, 0.3) is 16.5 Å². The topological polar surface area (TPSA) is 80.6 Å². The summed E-state index contributed by atoms with van der Waals surface area (Å²) in [4.78, 5) is 43.1. The molecule has 7 nitrogen and oxygen atoms in total. The molecule has 1 fully saturated rings. The lowest BCUT2D eigenvalue weighted by Gasteiger charge is -2.33. The molecular formula is C34H37N3O4. The fraction of sp³-hybridized carbons (Fsp3) is 0.324. The number of amides is 1. The highest BCUT2D eigenvalue weighted by molar-refractivity contribution is 6.08. The molecule has 1 N–H and O–H groups in total. The molecule has 1 aliphatic rings. The molecule has 5 rings (SSSR count). The molecule has 0 saturated carbocycles. The maximum atomic E-state index is 14.3. The largest absolute Gasteiger partial charge is 0.466 e. The van der Waals surface area contributed by atoms with Gasteiger partial charge in [0, 0.05) is 29.5 Å². The Morgan fingerprint density at radius 3 is 2.27 bits per heavy atom. The minimum atomic E-state index is -0.235. The molecular weight excluding hydrogens is 514 g/mol. The lowest BCUT2D eigenvalue weighted by molar-refractivity contribution is -0.150. The molecule has 1 amide bonds. The number of nitrogens with one attached hydrogen (secondary N) is 1. The summed E-state index contributed by atoms with van der Waals surface area (Å²) >= 11 is 0. The van der Waals surface area contributed by atoms with Crippen molar-refractivity contribution in [2.24, 2.45) is 5.92 Å². The van der Waals surface area contributed by atoms with Gasteiger partial charge in [-0.3, -0.25) is 23.9 Å². The van der Waals surface area contributed by atoms with Gasteiger partial charge in [-0.2, -0.15) is 0 Å². The van der Waals surface area contributed by atoms with Gasteiger partial charge in [0.15, 0.2) is 0 Å². The Morgan fingerprint density at radius 2 is 1.59 bits per heavy atom. The number of para-hydroxylation sites is 1. The van der Waals surface area contributed by atoms with Crippen molar-refractivity contribution in [1.29, 1.82) is 0 Å². The SMILES string of the molecule is CCOC(=O)C1CCCN(Cc2c(C(=O)NC(CC)c3ccccc3)c3ccccc3c(=O)n2-c2ccccc2)C1. The average molecular weight is 552 g/mol. The van der Waals surface area contributed by atoms with E-state index in [-0.39, 0.29) is 29.4 Å². The molecule has 41 heavy (non-hydrogen) atoms. The van der Waals surface area contributed by atoms with E-state index in [9.17, 15) is 14.4 Å². The van der Waals surface area contributed by atoms with Crippen LogP contribution in [-0.4, -0.2) is 41.0 Å². The van der Waals surface area contributed by atoms with Gasteiger partial charge in [-0.1, -0.05) is 73.7 Å². The minimum Gasteiger partial charge on any atom is -0.466 e. The minimum absolute atomic E-state index is 0.174. The first-order valence-electron chi connectivity index (χ1n) is 14.5. The van der Waals surface area contributed by atoms with Crippen LogP contribution in [0.5, 0.6) is 0 Å². The van der Waals surface area contributed by atoms with Gasteiger partial charge in [0.05, 0.1) is 29.8 Å².